The number of nitrogens with zero attached hydrogens (tertiary/aromatic N) is 1. The highest BCUT2D eigenvalue weighted by Crippen LogP contribution is 2.18. The normalized spacial score (nSPS) is 16.8. The van der Waals surface area contributed by atoms with Gasteiger partial charge in [0.2, 0.25) is 17.8 Å². The van der Waals surface area contributed by atoms with Crippen LogP contribution in [0.1, 0.15) is 32.1 Å². The van der Waals surface area contributed by atoms with Crippen molar-refractivity contribution in [3.63, 3.8) is 0 Å². The van der Waals surface area contributed by atoms with Crippen molar-refractivity contribution in [3.8, 4) is 0 Å². The van der Waals surface area contributed by atoms with Crippen LogP contribution >= 0.6 is 0 Å². The van der Waals surface area contributed by atoms with E-state index in [-0.39, 0.29) is 30.0 Å². The van der Waals surface area contributed by atoms with E-state index < -0.39 is 0 Å². The number of fused-ring (bicyclic) bond motifs is 1. The zero-order chi connectivity index (χ0) is 17.6. The summed E-state index contributed by atoms with van der Waals surface area (Å²) in [6.07, 6.45) is 7.59. The van der Waals surface area contributed by atoms with Crippen molar-refractivity contribution in [2.45, 2.75) is 32.1 Å². The molecule has 0 saturated carbocycles. The lowest BCUT2D eigenvalue weighted by atomic mass is 9.94. The number of carbonyl (C=O) groups is 2. The summed E-state index contributed by atoms with van der Waals surface area (Å²) >= 11 is 0. The fourth-order valence-electron chi connectivity index (χ4n) is 2.87. The summed E-state index contributed by atoms with van der Waals surface area (Å²) < 4.78 is 13.1. The van der Waals surface area contributed by atoms with Gasteiger partial charge in [-0.1, -0.05) is 12.2 Å². The molecule has 7 heteroatoms. The fraction of sp³-hybridized carbons (Fsp3) is 0.389. The molecule has 1 atom stereocenters. The third-order valence-corrected chi connectivity index (χ3v) is 4.22. The van der Waals surface area contributed by atoms with E-state index in [1.807, 2.05) is 6.08 Å². The van der Waals surface area contributed by atoms with Crippen LogP contribution in [0, 0.1) is 11.7 Å². The summed E-state index contributed by atoms with van der Waals surface area (Å²) in [6, 6.07) is 4.19. The first-order chi connectivity index (χ1) is 12.1. The summed E-state index contributed by atoms with van der Waals surface area (Å²) in [5.41, 5.74) is 1.12. The molecular weight excluding hydrogens is 323 g/mol. The molecule has 1 aromatic carbocycles. The molecule has 2 aromatic rings. The Morgan fingerprint density at radius 2 is 2.20 bits per heavy atom. The Morgan fingerprint density at radius 3 is 3.00 bits per heavy atom. The molecule has 1 aliphatic carbocycles. The Bertz CT molecular complexity index is 799. The quantitative estimate of drug-likeness (QED) is 0.556. The Kier molecular flexibility index (Phi) is 5.42. The van der Waals surface area contributed by atoms with Crippen LogP contribution in [0.2, 0.25) is 0 Å². The predicted molar refractivity (Wildman–Crippen MR) is 93.4 cm³/mol. The molecule has 1 heterocycles. The van der Waals surface area contributed by atoms with Gasteiger partial charge in [-0.25, -0.2) is 9.37 Å². The Morgan fingerprint density at radius 1 is 1.32 bits per heavy atom. The highest BCUT2D eigenvalue weighted by Gasteiger charge is 2.18. The van der Waals surface area contributed by atoms with E-state index in [1.165, 1.54) is 12.1 Å². The van der Waals surface area contributed by atoms with Gasteiger partial charge in [0, 0.05) is 18.9 Å². The maximum atomic E-state index is 13.1. The van der Waals surface area contributed by atoms with Crippen molar-refractivity contribution in [1.82, 2.24) is 15.3 Å². The summed E-state index contributed by atoms with van der Waals surface area (Å²) in [5.74, 6) is -0.157. The summed E-state index contributed by atoms with van der Waals surface area (Å²) in [5, 5.41) is 5.53. The minimum atomic E-state index is -0.363. The van der Waals surface area contributed by atoms with E-state index in [0.717, 1.165) is 19.3 Å². The second kappa shape index (κ2) is 7.92. The monoisotopic (exact) mass is 344 g/mol. The van der Waals surface area contributed by atoms with Gasteiger partial charge in [-0.2, -0.15) is 0 Å². The van der Waals surface area contributed by atoms with Gasteiger partial charge in [-0.05, 0) is 43.9 Å². The SMILES string of the molecule is O=C(CCCNC(=O)[C@@H]1CC=CCC1)Nc1nc2ccc(F)cc2[nH]1. The van der Waals surface area contributed by atoms with Crippen molar-refractivity contribution in [1.29, 1.82) is 0 Å². The smallest absolute Gasteiger partial charge is 0.226 e. The lowest BCUT2D eigenvalue weighted by Gasteiger charge is -2.17. The lowest BCUT2D eigenvalue weighted by Crippen LogP contribution is -2.32. The maximum absolute atomic E-state index is 13.1. The van der Waals surface area contributed by atoms with E-state index in [2.05, 4.69) is 26.7 Å². The minimum absolute atomic E-state index is 0.0507. The van der Waals surface area contributed by atoms with Gasteiger partial charge in [-0.3, -0.25) is 14.9 Å². The largest absolute Gasteiger partial charge is 0.356 e. The second-order valence-electron chi connectivity index (χ2n) is 6.17. The summed E-state index contributed by atoms with van der Waals surface area (Å²) in [4.78, 5) is 30.9. The molecule has 3 N–H and O–H groups in total. The number of anilines is 1. The van der Waals surface area contributed by atoms with Crippen molar-refractivity contribution in [2.24, 2.45) is 5.92 Å². The van der Waals surface area contributed by atoms with E-state index in [1.54, 1.807) is 6.07 Å². The minimum Gasteiger partial charge on any atom is -0.356 e. The molecule has 2 amide bonds. The highest BCUT2D eigenvalue weighted by atomic mass is 19.1. The number of benzene rings is 1. The van der Waals surface area contributed by atoms with Crippen LogP contribution in [0.4, 0.5) is 10.3 Å². The van der Waals surface area contributed by atoms with Crippen LogP contribution in [0.5, 0.6) is 0 Å². The van der Waals surface area contributed by atoms with E-state index in [0.29, 0.717) is 29.9 Å². The average Bonchev–Trinajstić information content (AvgIpc) is 3.00. The van der Waals surface area contributed by atoms with Crippen LogP contribution < -0.4 is 10.6 Å². The maximum Gasteiger partial charge on any atom is 0.226 e. The van der Waals surface area contributed by atoms with Crippen molar-refractivity contribution < 1.29 is 14.0 Å². The number of hydrogen-bond acceptors (Lipinski definition) is 3. The number of hydrogen-bond donors (Lipinski definition) is 3. The van der Waals surface area contributed by atoms with Crippen molar-refractivity contribution in [3.05, 3.63) is 36.2 Å². The first-order valence-electron chi connectivity index (χ1n) is 8.49. The number of allylic oxidation sites excluding steroid dienone is 2. The van der Waals surface area contributed by atoms with Crippen LogP contribution in [0.15, 0.2) is 30.4 Å². The first kappa shape index (κ1) is 17.1. The molecule has 1 aromatic heterocycles. The van der Waals surface area contributed by atoms with E-state index in [9.17, 15) is 14.0 Å². The number of aromatic nitrogens is 2. The third kappa shape index (κ3) is 4.65. The molecule has 0 saturated heterocycles. The number of H-pyrrole nitrogens is 1. The number of nitrogens with one attached hydrogen (secondary N) is 3. The number of aromatic amines is 1. The molecule has 25 heavy (non-hydrogen) atoms. The fourth-order valence-corrected chi connectivity index (χ4v) is 2.87. The second-order valence-corrected chi connectivity index (χ2v) is 6.17. The molecule has 0 spiro atoms. The molecule has 0 fully saturated rings. The zero-order valence-corrected chi connectivity index (χ0v) is 13.8. The van der Waals surface area contributed by atoms with Crippen LogP contribution in [0.25, 0.3) is 11.0 Å². The predicted octanol–water partition coefficient (Wildman–Crippen LogP) is 2.89. The summed E-state index contributed by atoms with van der Waals surface area (Å²) in [7, 11) is 0. The average molecular weight is 344 g/mol. The number of amides is 2. The number of imidazole rings is 1. The van der Waals surface area contributed by atoms with E-state index >= 15 is 0 Å². The number of rotatable bonds is 6. The molecule has 0 aliphatic heterocycles. The molecule has 0 unspecified atom stereocenters. The molecule has 0 bridgehead atoms. The van der Waals surface area contributed by atoms with Gasteiger partial charge in [0.1, 0.15) is 5.82 Å². The van der Waals surface area contributed by atoms with Gasteiger partial charge in [0.15, 0.2) is 0 Å². The number of carbonyl (C=O) groups excluding carboxylic acids is 2. The topological polar surface area (TPSA) is 86.9 Å². The van der Waals surface area contributed by atoms with Crippen molar-refractivity contribution in [2.75, 3.05) is 11.9 Å². The molecule has 6 nitrogen and oxygen atoms in total. The number of halogens is 1. The molecular formula is C18H21FN4O2. The van der Waals surface area contributed by atoms with Gasteiger partial charge in [0.05, 0.1) is 11.0 Å². The van der Waals surface area contributed by atoms with Gasteiger partial charge in [0.25, 0.3) is 0 Å². The summed E-state index contributed by atoms with van der Waals surface area (Å²) in [6.45, 7) is 0.470. The van der Waals surface area contributed by atoms with Crippen molar-refractivity contribution >= 4 is 28.8 Å². The first-order valence-corrected chi connectivity index (χ1v) is 8.49. The van der Waals surface area contributed by atoms with Gasteiger partial charge in [-0.15, -0.1) is 0 Å². The molecule has 3 rings (SSSR count). The zero-order valence-electron chi connectivity index (χ0n) is 13.8. The van der Waals surface area contributed by atoms with Crippen LogP contribution in [-0.4, -0.2) is 28.3 Å². The standard InChI is InChI=1S/C18H21FN4O2/c19-13-8-9-14-15(11-13)22-18(21-14)23-16(24)7-4-10-20-17(25)12-5-2-1-3-6-12/h1-2,8-9,11-12H,3-7,10H2,(H,20,25)(H2,21,22,23,24)/t12-/m1/s1. The van der Waals surface area contributed by atoms with Crippen LogP contribution in [0.3, 0.4) is 0 Å². The van der Waals surface area contributed by atoms with Crippen LogP contribution in [-0.2, 0) is 9.59 Å². The Balaban J connectivity index is 1.40. The molecule has 0 radical (unpaired) electrons. The molecule has 132 valence electrons. The van der Waals surface area contributed by atoms with Gasteiger partial charge >= 0.3 is 0 Å². The van der Waals surface area contributed by atoms with E-state index in [4.69, 9.17) is 0 Å². The Labute approximate surface area is 144 Å². The third-order valence-electron chi connectivity index (χ3n) is 4.22. The lowest BCUT2D eigenvalue weighted by molar-refractivity contribution is -0.125. The molecule has 1 aliphatic rings. The Hall–Kier alpha value is -2.70. The van der Waals surface area contributed by atoms with Gasteiger partial charge < -0.3 is 10.3 Å². The highest BCUT2D eigenvalue weighted by molar-refractivity contribution is 5.91.